The highest BCUT2D eigenvalue weighted by Crippen LogP contribution is 2.43. The largest absolute Gasteiger partial charge is 0.478 e. The number of carbonyl (C=O) groups excluding carboxylic acids is 1. The average molecular weight is 513 g/mol. The summed E-state index contributed by atoms with van der Waals surface area (Å²) >= 11 is 1.17. The third kappa shape index (κ3) is 4.35. The molecule has 15 heteroatoms. The van der Waals surface area contributed by atoms with Gasteiger partial charge in [-0.3, -0.25) is 14.0 Å². The molecule has 0 radical (unpaired) electrons. The Hall–Kier alpha value is -3.49. The summed E-state index contributed by atoms with van der Waals surface area (Å²) in [4.78, 5) is 25.0. The van der Waals surface area contributed by atoms with Crippen LogP contribution in [0.15, 0.2) is 12.4 Å². The molecule has 5 rings (SSSR count). The third-order valence-corrected chi connectivity index (χ3v) is 7.32. The molecule has 1 saturated carbocycles. The number of nitrogens with zero attached hydrogens (tertiary/aromatic N) is 5. The number of carbonyl (C=O) groups is 2. The first kappa shape index (κ1) is 23.3. The predicted molar refractivity (Wildman–Crippen MR) is 115 cm³/mol. The average Bonchev–Trinajstić information content (AvgIpc) is 3.11. The molecule has 2 aliphatic carbocycles. The molecule has 0 aromatic carbocycles. The van der Waals surface area contributed by atoms with Crippen LogP contribution in [0.4, 0.5) is 34.3 Å². The zero-order chi connectivity index (χ0) is 25.1. The number of carboxylic acid groups (broad SMARTS) is 1. The number of nitrogens with one attached hydrogen (secondary N) is 2. The number of aromatic carboxylic acids is 1. The van der Waals surface area contributed by atoms with Crippen molar-refractivity contribution in [1.82, 2.24) is 24.5 Å². The number of alkyl halides is 4. The molecule has 0 saturated heterocycles. The van der Waals surface area contributed by atoms with Gasteiger partial charge in [0.15, 0.2) is 5.69 Å². The highest BCUT2D eigenvalue weighted by molar-refractivity contribution is 7.17. The number of aryl methyl sites for hydroxylation is 2. The van der Waals surface area contributed by atoms with E-state index >= 15 is 0 Å². The SMILES string of the molecule is Cn1nc(C(F)(F)F)cc1Nc1nncn1[C@H]1CCc2sc(NC(=O)[C@H]3C[C@H]3F)c(C(=O)O)c2C1. The summed E-state index contributed by atoms with van der Waals surface area (Å²) in [6.45, 7) is 0. The van der Waals surface area contributed by atoms with Gasteiger partial charge in [0.2, 0.25) is 11.9 Å². The molecule has 3 heterocycles. The first-order valence-corrected chi connectivity index (χ1v) is 11.4. The summed E-state index contributed by atoms with van der Waals surface area (Å²) in [5.41, 5.74) is -0.524. The van der Waals surface area contributed by atoms with Crippen molar-refractivity contribution < 1.29 is 32.3 Å². The summed E-state index contributed by atoms with van der Waals surface area (Å²) < 4.78 is 54.9. The number of rotatable bonds is 6. The number of hydrogen-bond donors (Lipinski definition) is 3. The summed E-state index contributed by atoms with van der Waals surface area (Å²) in [5, 5.41) is 26.7. The van der Waals surface area contributed by atoms with E-state index in [4.69, 9.17) is 0 Å². The molecular formula is C20H19F4N7O3S. The number of thiophene rings is 1. The van der Waals surface area contributed by atoms with E-state index in [0.29, 0.717) is 18.4 Å². The van der Waals surface area contributed by atoms with Gasteiger partial charge in [0.05, 0.1) is 11.5 Å². The minimum absolute atomic E-state index is 0.0249. The van der Waals surface area contributed by atoms with Crippen LogP contribution in [-0.2, 0) is 30.9 Å². The number of hydrogen-bond acceptors (Lipinski definition) is 7. The Morgan fingerprint density at radius 3 is 2.69 bits per heavy atom. The van der Waals surface area contributed by atoms with E-state index in [9.17, 15) is 32.3 Å². The van der Waals surface area contributed by atoms with Crippen LogP contribution in [0.1, 0.15) is 45.4 Å². The number of aromatic nitrogens is 5. The van der Waals surface area contributed by atoms with E-state index in [2.05, 4.69) is 25.9 Å². The highest BCUT2D eigenvalue weighted by Gasteiger charge is 2.44. The van der Waals surface area contributed by atoms with Gasteiger partial charge in [-0.15, -0.1) is 21.5 Å². The van der Waals surface area contributed by atoms with Gasteiger partial charge in [0.25, 0.3) is 0 Å². The van der Waals surface area contributed by atoms with Crippen molar-refractivity contribution in [3.63, 3.8) is 0 Å². The Morgan fingerprint density at radius 2 is 2.06 bits per heavy atom. The van der Waals surface area contributed by atoms with Crippen LogP contribution in [0.2, 0.25) is 0 Å². The van der Waals surface area contributed by atoms with Crippen molar-refractivity contribution in [2.45, 2.75) is 44.1 Å². The molecule has 10 nitrogen and oxygen atoms in total. The fraction of sp³-hybridized carbons (Fsp3) is 0.450. The van der Waals surface area contributed by atoms with Crippen LogP contribution < -0.4 is 10.6 Å². The van der Waals surface area contributed by atoms with Crippen molar-refractivity contribution in [2.75, 3.05) is 10.6 Å². The molecule has 3 aromatic heterocycles. The van der Waals surface area contributed by atoms with Crippen molar-refractivity contribution in [3.8, 4) is 0 Å². The second-order valence-electron chi connectivity index (χ2n) is 8.48. The standard InChI is InChI=1S/C20H19F4N7O3S/c1-30-14(6-13(29-30)20(22,23)24)26-19-28-25-7-31(19)8-2-3-12-10(4-8)15(18(33)34)17(35-12)27-16(32)9-5-11(9)21/h6-9,11H,2-5H2,1H3,(H,26,28)(H,27,32)(H,33,34)/t8-,9-,11+/m0/s1. The molecule has 0 spiro atoms. The summed E-state index contributed by atoms with van der Waals surface area (Å²) in [5.74, 6) is -2.25. The van der Waals surface area contributed by atoms with E-state index in [1.807, 2.05) is 0 Å². The minimum Gasteiger partial charge on any atom is -0.478 e. The van der Waals surface area contributed by atoms with Crippen LogP contribution >= 0.6 is 11.3 Å². The van der Waals surface area contributed by atoms with Gasteiger partial charge in [-0.1, -0.05) is 0 Å². The maximum absolute atomic E-state index is 13.2. The van der Waals surface area contributed by atoms with Crippen LogP contribution in [0.5, 0.6) is 0 Å². The second kappa shape index (κ2) is 8.32. The van der Waals surface area contributed by atoms with Gasteiger partial charge in [-0.05, 0) is 31.2 Å². The molecule has 2 aliphatic rings. The Kier molecular flexibility index (Phi) is 5.53. The van der Waals surface area contributed by atoms with Gasteiger partial charge in [-0.2, -0.15) is 18.3 Å². The van der Waals surface area contributed by atoms with Gasteiger partial charge >= 0.3 is 12.1 Å². The van der Waals surface area contributed by atoms with Gasteiger partial charge < -0.3 is 15.7 Å². The summed E-state index contributed by atoms with van der Waals surface area (Å²) in [7, 11) is 1.36. The lowest BCUT2D eigenvalue weighted by Gasteiger charge is -2.25. The van der Waals surface area contributed by atoms with Crippen molar-refractivity contribution in [1.29, 1.82) is 0 Å². The number of halogens is 4. The van der Waals surface area contributed by atoms with Gasteiger partial charge in [0, 0.05) is 24.0 Å². The third-order valence-electron chi connectivity index (χ3n) is 6.11. The number of carboxylic acids is 1. The predicted octanol–water partition coefficient (Wildman–Crippen LogP) is 3.56. The van der Waals surface area contributed by atoms with Crippen molar-refractivity contribution in [3.05, 3.63) is 34.1 Å². The van der Waals surface area contributed by atoms with Crippen LogP contribution in [0.25, 0.3) is 0 Å². The number of amides is 1. The lowest BCUT2D eigenvalue weighted by atomic mass is 9.91. The van der Waals surface area contributed by atoms with E-state index in [1.54, 1.807) is 4.57 Å². The maximum atomic E-state index is 13.2. The molecule has 1 fully saturated rings. The van der Waals surface area contributed by atoms with E-state index in [1.165, 1.54) is 24.7 Å². The van der Waals surface area contributed by atoms with E-state index in [-0.39, 0.29) is 41.2 Å². The molecule has 3 aromatic rings. The van der Waals surface area contributed by atoms with Gasteiger partial charge in [0.1, 0.15) is 23.3 Å². The molecule has 0 bridgehead atoms. The monoisotopic (exact) mass is 513 g/mol. The molecule has 3 N–H and O–H groups in total. The minimum atomic E-state index is -4.60. The van der Waals surface area contributed by atoms with Crippen molar-refractivity contribution in [2.24, 2.45) is 13.0 Å². The molecule has 1 amide bonds. The number of anilines is 3. The first-order chi connectivity index (χ1) is 16.5. The molecular weight excluding hydrogens is 494 g/mol. The molecule has 0 unspecified atom stereocenters. The topological polar surface area (TPSA) is 127 Å². The van der Waals surface area contributed by atoms with Gasteiger partial charge in [-0.25, -0.2) is 9.18 Å². The molecule has 35 heavy (non-hydrogen) atoms. The Labute approximate surface area is 199 Å². The molecule has 0 aliphatic heterocycles. The normalized spacial score (nSPS) is 21.5. The fourth-order valence-corrected chi connectivity index (χ4v) is 5.43. The fourth-order valence-electron chi connectivity index (χ4n) is 4.19. The van der Waals surface area contributed by atoms with Crippen LogP contribution in [0.3, 0.4) is 0 Å². The quantitative estimate of drug-likeness (QED) is 0.430. The Bertz CT molecular complexity index is 1310. The van der Waals surface area contributed by atoms with Crippen molar-refractivity contribution >= 4 is 40.0 Å². The first-order valence-electron chi connectivity index (χ1n) is 10.6. The van der Waals surface area contributed by atoms with Crippen LogP contribution in [-0.4, -0.2) is 47.7 Å². The molecule has 3 atom stereocenters. The Morgan fingerprint density at radius 1 is 1.31 bits per heavy atom. The van der Waals surface area contributed by atoms with E-state index < -0.39 is 35.8 Å². The zero-order valence-electron chi connectivity index (χ0n) is 18.1. The molecule has 186 valence electrons. The zero-order valence-corrected chi connectivity index (χ0v) is 19.0. The van der Waals surface area contributed by atoms with Crippen LogP contribution in [0, 0.1) is 5.92 Å². The lowest BCUT2D eigenvalue weighted by Crippen LogP contribution is -2.21. The smallest absolute Gasteiger partial charge is 0.435 e. The number of fused-ring (bicyclic) bond motifs is 1. The highest BCUT2D eigenvalue weighted by atomic mass is 32.1. The Balaban J connectivity index is 1.39. The maximum Gasteiger partial charge on any atom is 0.435 e. The second-order valence-corrected chi connectivity index (χ2v) is 9.59. The van der Waals surface area contributed by atoms with E-state index in [0.717, 1.165) is 15.6 Å². The lowest BCUT2D eigenvalue weighted by molar-refractivity contribution is -0.141. The summed E-state index contributed by atoms with van der Waals surface area (Å²) in [6.07, 6.45) is -2.87. The summed E-state index contributed by atoms with van der Waals surface area (Å²) in [6, 6.07) is 0.571.